The Morgan fingerprint density at radius 1 is 0.262 bits per heavy atom. The first-order chi connectivity index (χ1) is 32.2. The molecular formula is C61H38N4. The molecule has 13 rings (SSSR count). The van der Waals surface area contributed by atoms with Gasteiger partial charge in [-0.2, -0.15) is 0 Å². The Labute approximate surface area is 375 Å². The second-order valence-corrected chi connectivity index (χ2v) is 16.8. The molecule has 11 aromatic carbocycles. The highest BCUT2D eigenvalue weighted by molar-refractivity contribution is 6.29. The Bertz CT molecular complexity index is 3930. The van der Waals surface area contributed by atoms with E-state index in [9.17, 15) is 0 Å². The van der Waals surface area contributed by atoms with Crippen LogP contribution in [0.2, 0.25) is 0 Å². The van der Waals surface area contributed by atoms with Crippen molar-refractivity contribution in [3.05, 3.63) is 231 Å². The van der Waals surface area contributed by atoms with Crippen molar-refractivity contribution < 1.29 is 0 Å². The molecule has 0 fully saturated rings. The molecule has 0 aliphatic heterocycles. The molecule has 0 aliphatic rings. The SMILES string of the molecule is c1ccc(-c2nc(-c3ccccc3)nc(-c3ccc(-c4cccc5c6ccccc6c6cc(-c7ccc8c9ccccc9n(-c9ccc%10ccccc%10c9)c8c7)ccc6c45)cc3)n2)cc1. The largest absolute Gasteiger partial charge is 0.309 e. The van der Waals surface area contributed by atoms with Gasteiger partial charge in [0.25, 0.3) is 0 Å². The van der Waals surface area contributed by atoms with Crippen LogP contribution in [0.3, 0.4) is 0 Å². The maximum Gasteiger partial charge on any atom is 0.164 e. The standard InChI is InChI=1S/C61H38N4/c1-3-15-41(16-4-1)59-62-60(42-17-5-2-6-18-42)64-61(63-59)43-28-26-40(27-29-43)48-23-13-24-53-49-20-9-10-21-50(49)55-37-45(32-35-54(55)58(48)53)46-31-34-52-51-22-11-12-25-56(51)65(57(52)38-46)47-33-30-39-14-7-8-19-44(39)36-47/h1-38H. The fourth-order valence-electron chi connectivity index (χ4n) is 9.91. The molecule has 4 nitrogen and oxygen atoms in total. The fourth-order valence-corrected chi connectivity index (χ4v) is 9.91. The fraction of sp³-hybridized carbons (Fsp3) is 0. The minimum Gasteiger partial charge on any atom is -0.309 e. The van der Waals surface area contributed by atoms with Crippen LogP contribution in [0.25, 0.3) is 127 Å². The van der Waals surface area contributed by atoms with E-state index in [-0.39, 0.29) is 0 Å². The summed E-state index contributed by atoms with van der Waals surface area (Å²) in [6.07, 6.45) is 0. The predicted molar refractivity (Wildman–Crippen MR) is 271 cm³/mol. The van der Waals surface area contributed by atoms with Gasteiger partial charge in [-0.1, -0.05) is 200 Å². The summed E-state index contributed by atoms with van der Waals surface area (Å²) in [6.45, 7) is 0. The molecule has 302 valence electrons. The molecule has 0 N–H and O–H groups in total. The molecule has 0 bridgehead atoms. The normalized spacial score (nSPS) is 11.7. The Morgan fingerprint density at radius 3 is 1.46 bits per heavy atom. The molecule has 0 atom stereocenters. The van der Waals surface area contributed by atoms with E-state index >= 15 is 0 Å². The van der Waals surface area contributed by atoms with E-state index in [2.05, 4.69) is 174 Å². The van der Waals surface area contributed by atoms with Gasteiger partial charge < -0.3 is 4.57 Å². The first-order valence-corrected chi connectivity index (χ1v) is 22.1. The minimum absolute atomic E-state index is 0.641. The maximum absolute atomic E-state index is 5.00. The van der Waals surface area contributed by atoms with Gasteiger partial charge in [-0.05, 0) is 95.7 Å². The molecule has 0 amide bonds. The van der Waals surface area contributed by atoms with Crippen molar-refractivity contribution in [3.8, 4) is 62.1 Å². The van der Waals surface area contributed by atoms with Gasteiger partial charge in [0.1, 0.15) is 0 Å². The summed E-state index contributed by atoms with van der Waals surface area (Å²) in [5, 5.41) is 12.4. The zero-order valence-corrected chi connectivity index (χ0v) is 35.2. The van der Waals surface area contributed by atoms with Crippen molar-refractivity contribution >= 4 is 64.9 Å². The molecule has 4 heteroatoms. The second-order valence-electron chi connectivity index (χ2n) is 16.8. The highest BCUT2D eigenvalue weighted by Crippen LogP contribution is 2.43. The van der Waals surface area contributed by atoms with Crippen LogP contribution >= 0.6 is 0 Å². The van der Waals surface area contributed by atoms with Crippen LogP contribution in [-0.4, -0.2) is 19.5 Å². The molecule has 0 spiro atoms. The average molecular weight is 827 g/mol. The second kappa shape index (κ2) is 15.0. The molecule has 0 saturated carbocycles. The number of hydrogen-bond acceptors (Lipinski definition) is 3. The third kappa shape index (κ3) is 6.18. The number of aromatic nitrogens is 4. The lowest BCUT2D eigenvalue weighted by molar-refractivity contribution is 1.07. The first kappa shape index (κ1) is 36.9. The van der Waals surface area contributed by atoms with Crippen molar-refractivity contribution in [1.29, 1.82) is 0 Å². The Kier molecular flexibility index (Phi) is 8.50. The zero-order valence-electron chi connectivity index (χ0n) is 35.2. The van der Waals surface area contributed by atoms with Gasteiger partial charge in [0.15, 0.2) is 17.5 Å². The third-order valence-electron chi connectivity index (χ3n) is 13.0. The summed E-state index contributed by atoms with van der Waals surface area (Å²) in [6, 6.07) is 82.6. The van der Waals surface area contributed by atoms with E-state index in [1.807, 2.05) is 60.7 Å². The minimum atomic E-state index is 0.641. The van der Waals surface area contributed by atoms with Crippen molar-refractivity contribution in [2.45, 2.75) is 0 Å². The molecule has 0 aliphatic carbocycles. The molecule has 2 aromatic heterocycles. The van der Waals surface area contributed by atoms with Gasteiger partial charge >= 0.3 is 0 Å². The smallest absolute Gasteiger partial charge is 0.164 e. The maximum atomic E-state index is 5.00. The van der Waals surface area contributed by atoms with E-state index < -0.39 is 0 Å². The number of fused-ring (bicyclic) bond motifs is 10. The quantitative estimate of drug-likeness (QED) is 0.157. The lowest BCUT2D eigenvalue weighted by atomic mass is 9.88. The van der Waals surface area contributed by atoms with E-state index in [0.29, 0.717) is 17.5 Å². The van der Waals surface area contributed by atoms with Crippen LogP contribution in [0.5, 0.6) is 0 Å². The summed E-state index contributed by atoms with van der Waals surface area (Å²) in [4.78, 5) is 14.9. The Hall–Kier alpha value is -8.73. The van der Waals surface area contributed by atoms with Crippen LogP contribution in [0.4, 0.5) is 0 Å². The highest BCUT2D eigenvalue weighted by atomic mass is 15.0. The van der Waals surface area contributed by atoms with Crippen molar-refractivity contribution in [1.82, 2.24) is 19.5 Å². The lowest BCUT2D eigenvalue weighted by Crippen LogP contribution is -2.00. The van der Waals surface area contributed by atoms with Gasteiger partial charge in [0, 0.05) is 33.2 Å². The van der Waals surface area contributed by atoms with E-state index in [4.69, 9.17) is 15.0 Å². The molecule has 65 heavy (non-hydrogen) atoms. The first-order valence-electron chi connectivity index (χ1n) is 22.1. The molecule has 2 heterocycles. The highest BCUT2D eigenvalue weighted by Gasteiger charge is 2.18. The van der Waals surface area contributed by atoms with Crippen LogP contribution in [0.1, 0.15) is 0 Å². The molecule has 13 aromatic rings. The summed E-state index contributed by atoms with van der Waals surface area (Å²) in [7, 11) is 0. The summed E-state index contributed by atoms with van der Waals surface area (Å²) < 4.78 is 2.42. The predicted octanol–water partition coefficient (Wildman–Crippen LogP) is 15.9. The molecular weight excluding hydrogens is 789 g/mol. The molecule has 0 saturated heterocycles. The van der Waals surface area contributed by atoms with Crippen molar-refractivity contribution in [2.24, 2.45) is 0 Å². The summed E-state index contributed by atoms with van der Waals surface area (Å²) in [5.74, 6) is 1.94. The monoisotopic (exact) mass is 826 g/mol. The lowest BCUT2D eigenvalue weighted by Gasteiger charge is -2.16. The Morgan fingerprint density at radius 2 is 0.754 bits per heavy atom. The molecule has 0 radical (unpaired) electrons. The third-order valence-corrected chi connectivity index (χ3v) is 13.0. The van der Waals surface area contributed by atoms with Crippen LogP contribution in [0.15, 0.2) is 231 Å². The average Bonchev–Trinajstić information content (AvgIpc) is 3.72. The van der Waals surface area contributed by atoms with Crippen LogP contribution < -0.4 is 0 Å². The number of para-hydroxylation sites is 1. The number of benzene rings is 11. The van der Waals surface area contributed by atoms with Gasteiger partial charge in [0.05, 0.1) is 11.0 Å². The van der Waals surface area contributed by atoms with E-state index in [1.165, 1.54) is 81.6 Å². The van der Waals surface area contributed by atoms with Crippen LogP contribution in [-0.2, 0) is 0 Å². The number of hydrogen-bond donors (Lipinski definition) is 0. The van der Waals surface area contributed by atoms with Gasteiger partial charge in [-0.25, -0.2) is 15.0 Å². The summed E-state index contributed by atoms with van der Waals surface area (Å²) >= 11 is 0. The summed E-state index contributed by atoms with van der Waals surface area (Å²) in [5.41, 5.74) is 11.1. The number of nitrogens with zero attached hydrogens (tertiary/aromatic N) is 4. The van der Waals surface area contributed by atoms with Gasteiger partial charge in [0.2, 0.25) is 0 Å². The van der Waals surface area contributed by atoms with E-state index in [0.717, 1.165) is 27.9 Å². The zero-order chi connectivity index (χ0) is 42.8. The van der Waals surface area contributed by atoms with Gasteiger partial charge in [-0.15, -0.1) is 0 Å². The van der Waals surface area contributed by atoms with Crippen molar-refractivity contribution in [3.63, 3.8) is 0 Å². The number of rotatable bonds is 6. The van der Waals surface area contributed by atoms with Crippen LogP contribution in [0, 0.1) is 0 Å². The van der Waals surface area contributed by atoms with Crippen molar-refractivity contribution in [2.75, 3.05) is 0 Å². The molecule has 0 unspecified atom stereocenters. The van der Waals surface area contributed by atoms with E-state index in [1.54, 1.807) is 0 Å². The van der Waals surface area contributed by atoms with Gasteiger partial charge in [-0.3, -0.25) is 0 Å². The Balaban J connectivity index is 0.950. The topological polar surface area (TPSA) is 43.6 Å².